The van der Waals surface area contributed by atoms with Crippen LogP contribution in [-0.2, 0) is 11.3 Å². The van der Waals surface area contributed by atoms with Crippen LogP contribution in [0.15, 0.2) is 42.5 Å². The van der Waals surface area contributed by atoms with E-state index in [9.17, 15) is 4.79 Å². The number of hydrogen-bond donors (Lipinski definition) is 2. The van der Waals surface area contributed by atoms with Gasteiger partial charge in [0.2, 0.25) is 5.91 Å². The highest BCUT2D eigenvalue weighted by Gasteiger charge is 2.02. The van der Waals surface area contributed by atoms with Crippen LogP contribution in [0.1, 0.15) is 28.7 Å². The molecular weight excluding hydrogens is 272 g/mol. The summed E-state index contributed by atoms with van der Waals surface area (Å²) in [4.78, 5) is 11.9. The first-order valence-electron chi connectivity index (χ1n) is 7.67. The van der Waals surface area contributed by atoms with Gasteiger partial charge in [-0.3, -0.25) is 4.79 Å². The van der Waals surface area contributed by atoms with Crippen LogP contribution in [0.5, 0.6) is 0 Å². The number of rotatable bonds is 6. The van der Waals surface area contributed by atoms with Crippen molar-refractivity contribution in [1.29, 1.82) is 0 Å². The average molecular weight is 296 g/mol. The minimum absolute atomic E-state index is 0.0679. The maximum atomic E-state index is 11.9. The van der Waals surface area contributed by atoms with Gasteiger partial charge < -0.3 is 10.6 Å². The SMILES string of the molecule is Cc1cccc(CNC(=O)CCNc2cc(C)cc(C)c2)c1. The third-order valence-electron chi connectivity index (χ3n) is 3.48. The van der Waals surface area contributed by atoms with E-state index in [1.54, 1.807) is 0 Å². The van der Waals surface area contributed by atoms with Gasteiger partial charge >= 0.3 is 0 Å². The minimum atomic E-state index is 0.0679. The van der Waals surface area contributed by atoms with Crippen molar-refractivity contribution in [3.63, 3.8) is 0 Å². The Morgan fingerprint density at radius 2 is 1.68 bits per heavy atom. The molecule has 0 atom stereocenters. The molecule has 0 spiro atoms. The maximum Gasteiger partial charge on any atom is 0.222 e. The van der Waals surface area contributed by atoms with Crippen LogP contribution in [0.3, 0.4) is 0 Å². The Bertz CT molecular complexity index is 629. The molecule has 0 saturated carbocycles. The molecule has 1 amide bonds. The highest BCUT2D eigenvalue weighted by molar-refractivity contribution is 5.76. The summed E-state index contributed by atoms with van der Waals surface area (Å²) in [6.07, 6.45) is 0.471. The molecule has 22 heavy (non-hydrogen) atoms. The van der Waals surface area contributed by atoms with Gasteiger partial charge in [-0.05, 0) is 49.6 Å². The third kappa shape index (κ3) is 5.24. The van der Waals surface area contributed by atoms with E-state index in [-0.39, 0.29) is 5.91 Å². The Labute approximate surface area is 132 Å². The van der Waals surface area contributed by atoms with Gasteiger partial charge in [0.15, 0.2) is 0 Å². The zero-order valence-corrected chi connectivity index (χ0v) is 13.6. The van der Waals surface area contributed by atoms with Crippen LogP contribution < -0.4 is 10.6 Å². The number of benzene rings is 2. The van der Waals surface area contributed by atoms with E-state index in [0.717, 1.165) is 11.3 Å². The van der Waals surface area contributed by atoms with Crippen LogP contribution in [0.25, 0.3) is 0 Å². The fourth-order valence-corrected chi connectivity index (χ4v) is 2.51. The number of carbonyl (C=O) groups excluding carboxylic acids is 1. The molecule has 0 aliphatic heterocycles. The summed E-state index contributed by atoms with van der Waals surface area (Å²) in [6.45, 7) is 7.44. The molecule has 0 radical (unpaired) electrons. The summed E-state index contributed by atoms with van der Waals surface area (Å²) in [6, 6.07) is 14.5. The van der Waals surface area contributed by atoms with Gasteiger partial charge in [-0.1, -0.05) is 35.9 Å². The van der Waals surface area contributed by atoms with Gasteiger partial charge in [-0.15, -0.1) is 0 Å². The number of hydrogen-bond acceptors (Lipinski definition) is 2. The smallest absolute Gasteiger partial charge is 0.222 e. The lowest BCUT2D eigenvalue weighted by Gasteiger charge is -2.09. The lowest BCUT2D eigenvalue weighted by atomic mass is 10.1. The standard InChI is InChI=1S/C19H24N2O/c1-14-5-4-6-17(10-14)13-21-19(22)7-8-20-18-11-15(2)9-16(3)12-18/h4-6,9-12,20H,7-8,13H2,1-3H3,(H,21,22). The molecular formula is C19H24N2O. The molecule has 0 saturated heterocycles. The van der Waals surface area contributed by atoms with E-state index in [0.29, 0.717) is 19.5 Å². The maximum absolute atomic E-state index is 11.9. The lowest BCUT2D eigenvalue weighted by molar-refractivity contribution is -0.121. The van der Waals surface area contributed by atoms with E-state index < -0.39 is 0 Å². The molecule has 2 N–H and O–H groups in total. The normalized spacial score (nSPS) is 10.3. The molecule has 3 heteroatoms. The van der Waals surface area contributed by atoms with Crippen LogP contribution >= 0.6 is 0 Å². The zero-order chi connectivity index (χ0) is 15.9. The Morgan fingerprint density at radius 1 is 0.955 bits per heavy atom. The number of carbonyl (C=O) groups is 1. The van der Waals surface area contributed by atoms with Crippen LogP contribution in [0.4, 0.5) is 5.69 Å². The molecule has 0 fully saturated rings. The zero-order valence-electron chi connectivity index (χ0n) is 13.6. The highest BCUT2D eigenvalue weighted by Crippen LogP contribution is 2.13. The van der Waals surface area contributed by atoms with Crippen molar-refractivity contribution in [3.05, 3.63) is 64.7 Å². The minimum Gasteiger partial charge on any atom is -0.385 e. The number of anilines is 1. The monoisotopic (exact) mass is 296 g/mol. The topological polar surface area (TPSA) is 41.1 Å². The van der Waals surface area contributed by atoms with Crippen molar-refractivity contribution in [1.82, 2.24) is 5.32 Å². The van der Waals surface area contributed by atoms with Gasteiger partial charge in [0.05, 0.1) is 0 Å². The van der Waals surface area contributed by atoms with E-state index in [1.165, 1.54) is 16.7 Å². The van der Waals surface area contributed by atoms with E-state index in [2.05, 4.69) is 61.7 Å². The van der Waals surface area contributed by atoms with Crippen molar-refractivity contribution in [3.8, 4) is 0 Å². The molecule has 0 unspecified atom stereocenters. The molecule has 0 aromatic heterocycles. The largest absolute Gasteiger partial charge is 0.385 e. The third-order valence-corrected chi connectivity index (χ3v) is 3.48. The van der Waals surface area contributed by atoms with E-state index in [4.69, 9.17) is 0 Å². The first kappa shape index (κ1) is 16.1. The molecule has 0 bridgehead atoms. The van der Waals surface area contributed by atoms with Crippen molar-refractivity contribution in [2.45, 2.75) is 33.7 Å². The van der Waals surface area contributed by atoms with Crippen LogP contribution in [-0.4, -0.2) is 12.5 Å². The van der Waals surface area contributed by atoms with Gasteiger partial charge in [0, 0.05) is 25.2 Å². The van der Waals surface area contributed by atoms with E-state index >= 15 is 0 Å². The average Bonchev–Trinajstić information content (AvgIpc) is 2.44. The second-order valence-corrected chi connectivity index (χ2v) is 5.82. The highest BCUT2D eigenvalue weighted by atomic mass is 16.1. The summed E-state index contributed by atoms with van der Waals surface area (Å²) in [7, 11) is 0. The fraction of sp³-hybridized carbons (Fsp3) is 0.316. The summed E-state index contributed by atoms with van der Waals surface area (Å²) in [5.41, 5.74) is 5.88. The van der Waals surface area contributed by atoms with Crippen molar-refractivity contribution in [2.75, 3.05) is 11.9 Å². The second-order valence-electron chi connectivity index (χ2n) is 5.82. The molecule has 2 rings (SSSR count). The van der Waals surface area contributed by atoms with Gasteiger partial charge in [-0.25, -0.2) is 0 Å². The fourth-order valence-electron chi connectivity index (χ4n) is 2.51. The summed E-state index contributed by atoms with van der Waals surface area (Å²) in [5.74, 6) is 0.0679. The molecule has 0 aliphatic rings. The molecule has 116 valence electrons. The Kier molecular flexibility index (Phi) is 5.59. The Balaban J connectivity index is 1.73. The molecule has 2 aromatic carbocycles. The first-order valence-corrected chi connectivity index (χ1v) is 7.67. The first-order chi connectivity index (χ1) is 10.5. The molecule has 2 aromatic rings. The Hall–Kier alpha value is -2.29. The molecule has 0 heterocycles. The van der Waals surface area contributed by atoms with Gasteiger partial charge in [-0.2, -0.15) is 0 Å². The summed E-state index contributed by atoms with van der Waals surface area (Å²) < 4.78 is 0. The van der Waals surface area contributed by atoms with Gasteiger partial charge in [0.1, 0.15) is 0 Å². The number of aryl methyl sites for hydroxylation is 3. The predicted molar refractivity (Wildman–Crippen MR) is 92.0 cm³/mol. The van der Waals surface area contributed by atoms with Crippen LogP contribution in [0, 0.1) is 20.8 Å². The van der Waals surface area contributed by atoms with E-state index in [1.807, 2.05) is 12.1 Å². The molecule has 3 nitrogen and oxygen atoms in total. The lowest BCUT2D eigenvalue weighted by Crippen LogP contribution is -2.24. The number of nitrogens with one attached hydrogen (secondary N) is 2. The summed E-state index contributed by atoms with van der Waals surface area (Å²) in [5, 5.41) is 6.26. The quantitative estimate of drug-likeness (QED) is 0.853. The van der Waals surface area contributed by atoms with Crippen molar-refractivity contribution >= 4 is 11.6 Å². The summed E-state index contributed by atoms with van der Waals surface area (Å²) >= 11 is 0. The van der Waals surface area contributed by atoms with Crippen molar-refractivity contribution < 1.29 is 4.79 Å². The second kappa shape index (κ2) is 7.64. The predicted octanol–water partition coefficient (Wildman–Crippen LogP) is 3.73. The van der Waals surface area contributed by atoms with Crippen molar-refractivity contribution in [2.24, 2.45) is 0 Å². The number of amides is 1. The van der Waals surface area contributed by atoms with Crippen LogP contribution in [0.2, 0.25) is 0 Å². The Morgan fingerprint density at radius 3 is 2.36 bits per heavy atom. The van der Waals surface area contributed by atoms with Gasteiger partial charge in [0.25, 0.3) is 0 Å². The molecule has 0 aliphatic carbocycles.